The average molecular weight is 295 g/mol. The predicted molar refractivity (Wildman–Crippen MR) is 85.5 cm³/mol. The third kappa shape index (κ3) is 2.08. The molecular formula is C15H26BNO2S. The van der Waals surface area contributed by atoms with Gasteiger partial charge >= 0.3 is 0 Å². The first-order valence-electron chi connectivity index (χ1n) is 7.86. The number of thioether (sulfide) groups is 1. The molecule has 3 rings (SSSR count). The van der Waals surface area contributed by atoms with E-state index in [1.54, 1.807) is 0 Å². The molecule has 0 spiro atoms. The van der Waals surface area contributed by atoms with Crippen molar-refractivity contribution in [1.82, 2.24) is 4.81 Å². The monoisotopic (exact) mass is 295 g/mol. The highest BCUT2D eigenvalue weighted by atomic mass is 32.2. The zero-order valence-corrected chi connectivity index (χ0v) is 13.7. The van der Waals surface area contributed by atoms with Crippen LogP contribution in [0.15, 0.2) is 0 Å². The summed E-state index contributed by atoms with van der Waals surface area (Å²) in [5.41, 5.74) is 0.135. The Hall–Kier alpha value is 0.00494. The normalized spacial score (nSPS) is 43.5. The van der Waals surface area contributed by atoms with E-state index in [-0.39, 0.29) is 16.9 Å². The van der Waals surface area contributed by atoms with Crippen LogP contribution >= 0.6 is 11.8 Å². The Kier molecular flexibility index (Phi) is 3.75. The van der Waals surface area contributed by atoms with Gasteiger partial charge in [-0.1, -0.05) is 13.8 Å². The summed E-state index contributed by atoms with van der Waals surface area (Å²) in [5, 5.41) is 9.70. The smallest absolute Gasteiger partial charge is 0.185 e. The van der Waals surface area contributed by atoms with Gasteiger partial charge in [-0.2, -0.15) is 11.8 Å². The maximum Gasteiger partial charge on any atom is 0.185 e. The van der Waals surface area contributed by atoms with Crippen molar-refractivity contribution < 1.29 is 9.90 Å². The first-order chi connectivity index (χ1) is 9.37. The fourth-order valence-electron chi connectivity index (χ4n) is 4.72. The fraction of sp³-hybridized carbons (Fsp3) is 0.933. The van der Waals surface area contributed by atoms with Gasteiger partial charge in [0.25, 0.3) is 0 Å². The molecule has 0 aromatic rings. The number of rotatable bonds is 4. The molecule has 1 N–H and O–H groups in total. The van der Waals surface area contributed by atoms with Gasteiger partial charge in [0.05, 0.1) is 6.10 Å². The number of hydrogen-bond donors (Lipinski definition) is 1. The van der Waals surface area contributed by atoms with Gasteiger partial charge in [-0.3, -0.25) is 4.79 Å². The molecule has 5 heteroatoms. The maximum atomic E-state index is 12.5. The number of β-amino-alcohol motifs (C(OH)–C–C–N with tert-alkyl or cyclic N) is 1. The summed E-state index contributed by atoms with van der Waals surface area (Å²) in [6, 6.07) is 0.475. The van der Waals surface area contributed by atoms with Crippen LogP contribution in [0.25, 0.3) is 0 Å². The number of ketones is 1. The van der Waals surface area contributed by atoms with Gasteiger partial charge in [-0.25, -0.2) is 0 Å². The van der Waals surface area contributed by atoms with Crippen molar-refractivity contribution >= 4 is 25.5 Å². The van der Waals surface area contributed by atoms with Crippen LogP contribution in [-0.2, 0) is 4.79 Å². The molecule has 2 bridgehead atoms. The first kappa shape index (κ1) is 14.9. The minimum absolute atomic E-state index is 0.0574. The number of Topliss-reactive ketones (excluding diaryl/α,β-unsaturated/α-hetero) is 1. The lowest BCUT2D eigenvalue weighted by molar-refractivity contribution is -0.127. The summed E-state index contributed by atoms with van der Waals surface area (Å²) < 4.78 is 0. The molecule has 1 saturated heterocycles. The molecule has 3 fully saturated rings. The van der Waals surface area contributed by atoms with Crippen LogP contribution in [0.5, 0.6) is 0 Å². The molecule has 0 amide bonds. The van der Waals surface area contributed by atoms with Gasteiger partial charge < -0.3 is 9.92 Å². The van der Waals surface area contributed by atoms with Crippen LogP contribution < -0.4 is 0 Å². The lowest BCUT2D eigenvalue weighted by Crippen LogP contribution is -2.39. The molecule has 0 radical (unpaired) electrons. The second-order valence-electron chi connectivity index (χ2n) is 7.66. The Morgan fingerprint density at radius 1 is 1.50 bits per heavy atom. The van der Waals surface area contributed by atoms with E-state index in [2.05, 4.69) is 26.6 Å². The Morgan fingerprint density at radius 2 is 2.25 bits per heavy atom. The topological polar surface area (TPSA) is 40.5 Å². The van der Waals surface area contributed by atoms with E-state index in [9.17, 15) is 9.90 Å². The summed E-state index contributed by atoms with van der Waals surface area (Å²) in [6.45, 7) is 5.41. The van der Waals surface area contributed by atoms with Crippen molar-refractivity contribution in [3.8, 4) is 0 Å². The molecule has 0 aromatic carbocycles. The molecule has 1 heterocycles. The lowest BCUT2D eigenvalue weighted by Gasteiger charge is -2.36. The van der Waals surface area contributed by atoms with Crippen LogP contribution in [0, 0.1) is 16.7 Å². The molecule has 2 aliphatic carbocycles. The van der Waals surface area contributed by atoms with Crippen molar-refractivity contribution in [2.75, 3.05) is 18.1 Å². The Bertz CT molecular complexity index is 417. The van der Waals surface area contributed by atoms with E-state index in [4.69, 9.17) is 0 Å². The number of fused-ring (bicyclic) bond motifs is 2. The number of aliphatic hydroxyl groups is 1. The highest BCUT2D eigenvalue weighted by molar-refractivity contribution is 7.99. The maximum absolute atomic E-state index is 12.5. The van der Waals surface area contributed by atoms with Crippen molar-refractivity contribution in [3.63, 3.8) is 0 Å². The standard InChI is InChI=1S/C15H26BNO2S/c1-14(2)10-3-4-15(14,13(19)5-10)9-20-8-11-6-12(18)7-17(11)16/h10-12,18H,3-9,16H2,1-2H3/t10?,11?,12-,15-/m1/s1. The van der Waals surface area contributed by atoms with Gasteiger partial charge in [0.1, 0.15) is 5.78 Å². The van der Waals surface area contributed by atoms with Gasteiger partial charge in [0.2, 0.25) is 0 Å². The number of hydrogen-bond acceptors (Lipinski definition) is 4. The second kappa shape index (κ2) is 5.03. The summed E-state index contributed by atoms with van der Waals surface area (Å²) in [4.78, 5) is 14.7. The molecule has 2 unspecified atom stereocenters. The van der Waals surface area contributed by atoms with Gasteiger partial charge in [0.15, 0.2) is 7.98 Å². The predicted octanol–water partition coefficient (Wildman–Crippen LogP) is 1.10. The van der Waals surface area contributed by atoms with Crippen molar-refractivity contribution in [2.24, 2.45) is 16.7 Å². The van der Waals surface area contributed by atoms with Crippen LogP contribution in [0.1, 0.15) is 39.5 Å². The third-order valence-electron chi connectivity index (χ3n) is 6.46. The Morgan fingerprint density at radius 3 is 2.75 bits per heavy atom. The van der Waals surface area contributed by atoms with E-state index in [1.165, 1.54) is 6.42 Å². The van der Waals surface area contributed by atoms with Crippen LogP contribution in [0.3, 0.4) is 0 Å². The first-order valence-corrected chi connectivity index (χ1v) is 9.01. The summed E-state index contributed by atoms with van der Waals surface area (Å²) >= 11 is 1.94. The summed E-state index contributed by atoms with van der Waals surface area (Å²) in [5.74, 6) is 3.16. The largest absolute Gasteiger partial charge is 0.392 e. The van der Waals surface area contributed by atoms with E-state index >= 15 is 0 Å². The van der Waals surface area contributed by atoms with E-state index in [1.807, 2.05) is 11.8 Å². The minimum atomic E-state index is -0.163. The van der Waals surface area contributed by atoms with Crippen molar-refractivity contribution in [2.45, 2.75) is 51.7 Å². The van der Waals surface area contributed by atoms with Crippen LogP contribution in [-0.4, -0.2) is 53.9 Å². The third-order valence-corrected chi connectivity index (χ3v) is 7.78. The van der Waals surface area contributed by atoms with Gasteiger partial charge in [0, 0.05) is 35.9 Å². The minimum Gasteiger partial charge on any atom is -0.392 e. The van der Waals surface area contributed by atoms with E-state index in [0.717, 1.165) is 37.3 Å². The fourth-order valence-corrected chi connectivity index (χ4v) is 6.53. The van der Waals surface area contributed by atoms with Crippen LogP contribution in [0.2, 0.25) is 0 Å². The summed E-state index contributed by atoms with van der Waals surface area (Å²) in [7, 11) is 2.09. The van der Waals surface area contributed by atoms with Crippen molar-refractivity contribution in [3.05, 3.63) is 0 Å². The molecular weight excluding hydrogens is 269 g/mol. The zero-order chi connectivity index (χ0) is 14.5. The average Bonchev–Trinajstić information content (AvgIpc) is 2.87. The number of aliphatic hydroxyl groups excluding tert-OH is 1. The highest BCUT2D eigenvalue weighted by Crippen LogP contribution is 2.64. The van der Waals surface area contributed by atoms with Crippen LogP contribution in [0.4, 0.5) is 0 Å². The quantitative estimate of drug-likeness (QED) is 0.789. The van der Waals surface area contributed by atoms with E-state index in [0.29, 0.717) is 17.7 Å². The summed E-state index contributed by atoms with van der Waals surface area (Å²) in [6.07, 6.45) is 3.87. The number of nitrogens with zero attached hydrogens (tertiary/aromatic N) is 1. The second-order valence-corrected chi connectivity index (χ2v) is 8.70. The van der Waals surface area contributed by atoms with Crippen molar-refractivity contribution in [1.29, 1.82) is 0 Å². The number of carbonyl (C=O) groups is 1. The lowest BCUT2D eigenvalue weighted by atomic mass is 9.70. The molecule has 2 saturated carbocycles. The highest BCUT2D eigenvalue weighted by Gasteiger charge is 2.63. The molecule has 0 aromatic heterocycles. The Labute approximate surface area is 127 Å². The van der Waals surface area contributed by atoms with E-state index < -0.39 is 0 Å². The molecule has 4 atom stereocenters. The molecule has 3 aliphatic rings. The molecule has 20 heavy (non-hydrogen) atoms. The zero-order valence-electron chi connectivity index (χ0n) is 12.9. The van der Waals surface area contributed by atoms with Gasteiger partial charge in [-0.15, -0.1) is 0 Å². The molecule has 112 valence electrons. The Balaban J connectivity index is 1.59. The molecule has 1 aliphatic heterocycles. The number of carbonyl (C=O) groups excluding carboxylic acids is 1. The molecule has 3 nitrogen and oxygen atoms in total. The van der Waals surface area contributed by atoms with Gasteiger partial charge in [-0.05, 0) is 30.6 Å². The SMILES string of the molecule is BN1C[C@H](O)CC1CSC[C@]12CCC(CC1=O)C2(C)C.